The van der Waals surface area contributed by atoms with Crippen molar-refractivity contribution in [1.29, 1.82) is 0 Å². The summed E-state index contributed by atoms with van der Waals surface area (Å²) in [5.74, 6) is -2.72. The third kappa shape index (κ3) is 12.1. The monoisotopic (exact) mass is 691 g/mol. The third-order valence-electron chi connectivity index (χ3n) is 7.36. The number of pyridine rings is 1. The summed E-state index contributed by atoms with van der Waals surface area (Å²) in [6.07, 6.45) is 2.94. The number of alkyl carbamates (subject to hydrolysis) is 1. The number of carbonyl (C=O) groups excluding carboxylic acids is 2. The van der Waals surface area contributed by atoms with Crippen molar-refractivity contribution in [3.63, 3.8) is 0 Å². The van der Waals surface area contributed by atoms with E-state index in [1.54, 1.807) is 42.6 Å². The smallest absolute Gasteiger partial charge is 0.410 e. The lowest BCUT2D eigenvalue weighted by molar-refractivity contribution is -0.0254. The van der Waals surface area contributed by atoms with Crippen LogP contribution < -0.4 is 10.1 Å². The molecule has 13 nitrogen and oxygen atoms in total. The number of fused-ring (bicyclic) bond motifs is 1. The SMILES string of the molecule is CCN(C(=O)OC(C)(C)C)[C@H](C)c1cc(-c2cn3ncnc3c(OCCOCCC(CC(F)(F)CC)NC(=O)OC(C)(C)C)n2)c(C)cn1. The third-order valence-corrected chi connectivity index (χ3v) is 7.36. The van der Waals surface area contributed by atoms with Gasteiger partial charge >= 0.3 is 12.2 Å². The highest BCUT2D eigenvalue weighted by Crippen LogP contribution is 2.30. The van der Waals surface area contributed by atoms with E-state index in [0.29, 0.717) is 23.6 Å². The summed E-state index contributed by atoms with van der Waals surface area (Å²) in [4.78, 5) is 40.4. The van der Waals surface area contributed by atoms with Crippen LogP contribution >= 0.6 is 0 Å². The molecule has 2 atom stereocenters. The van der Waals surface area contributed by atoms with E-state index in [2.05, 4.69) is 20.4 Å². The van der Waals surface area contributed by atoms with E-state index in [0.717, 1.165) is 11.1 Å². The predicted octanol–water partition coefficient (Wildman–Crippen LogP) is 6.93. The molecule has 3 heterocycles. The highest BCUT2D eigenvalue weighted by Gasteiger charge is 2.32. The molecule has 0 bridgehead atoms. The Morgan fingerprint density at radius 1 is 1.02 bits per heavy atom. The second-order valence-electron chi connectivity index (χ2n) is 13.8. The lowest BCUT2D eigenvalue weighted by Gasteiger charge is -2.30. The molecule has 0 fully saturated rings. The van der Waals surface area contributed by atoms with Crippen molar-refractivity contribution in [3.05, 3.63) is 36.0 Å². The van der Waals surface area contributed by atoms with Crippen LogP contribution in [0.4, 0.5) is 18.4 Å². The van der Waals surface area contributed by atoms with Crippen LogP contribution in [0, 0.1) is 6.92 Å². The molecular formula is C34H51F2N7O6. The zero-order valence-electron chi connectivity index (χ0n) is 30.3. The Morgan fingerprint density at radius 2 is 1.71 bits per heavy atom. The number of alkyl halides is 2. The maximum Gasteiger partial charge on any atom is 0.410 e. The Morgan fingerprint density at radius 3 is 2.35 bits per heavy atom. The van der Waals surface area contributed by atoms with Gasteiger partial charge in [-0.15, -0.1) is 0 Å². The van der Waals surface area contributed by atoms with Crippen LogP contribution in [0.15, 0.2) is 24.8 Å². The molecule has 1 unspecified atom stereocenters. The van der Waals surface area contributed by atoms with Gasteiger partial charge in [-0.05, 0) is 80.4 Å². The molecule has 0 saturated carbocycles. The van der Waals surface area contributed by atoms with Crippen molar-refractivity contribution in [3.8, 4) is 17.1 Å². The predicted molar refractivity (Wildman–Crippen MR) is 180 cm³/mol. The highest BCUT2D eigenvalue weighted by atomic mass is 19.3. The average Bonchev–Trinajstić information content (AvgIpc) is 3.46. The van der Waals surface area contributed by atoms with Crippen LogP contribution in [0.5, 0.6) is 5.88 Å². The quantitative estimate of drug-likeness (QED) is 0.167. The summed E-state index contributed by atoms with van der Waals surface area (Å²) in [7, 11) is 0. The number of carbonyl (C=O) groups is 2. The molecule has 15 heteroatoms. The molecule has 49 heavy (non-hydrogen) atoms. The van der Waals surface area contributed by atoms with Crippen molar-refractivity contribution in [2.24, 2.45) is 0 Å². The van der Waals surface area contributed by atoms with E-state index in [1.165, 1.54) is 13.3 Å². The van der Waals surface area contributed by atoms with Crippen LogP contribution in [0.1, 0.15) is 98.9 Å². The summed E-state index contributed by atoms with van der Waals surface area (Å²) in [6.45, 7) is 18.4. The molecule has 2 amide bonds. The number of aryl methyl sites for hydroxylation is 1. The van der Waals surface area contributed by atoms with Gasteiger partial charge in [0.25, 0.3) is 5.88 Å². The molecule has 0 saturated heterocycles. The molecule has 0 aromatic carbocycles. The largest absolute Gasteiger partial charge is 0.473 e. The number of hydrogen-bond acceptors (Lipinski definition) is 10. The minimum absolute atomic E-state index is 0.0905. The number of rotatable bonds is 15. The van der Waals surface area contributed by atoms with Crippen LogP contribution in [0.25, 0.3) is 16.9 Å². The molecule has 0 aliphatic carbocycles. The van der Waals surface area contributed by atoms with Crippen LogP contribution in [-0.2, 0) is 14.2 Å². The molecule has 3 aromatic heterocycles. The molecule has 272 valence electrons. The molecule has 0 radical (unpaired) electrons. The van der Waals surface area contributed by atoms with Gasteiger partial charge in [-0.2, -0.15) is 5.10 Å². The van der Waals surface area contributed by atoms with Gasteiger partial charge in [0.15, 0.2) is 0 Å². The molecule has 0 aliphatic rings. The van der Waals surface area contributed by atoms with Gasteiger partial charge in [-0.1, -0.05) is 6.92 Å². The first kappa shape index (κ1) is 39.3. The summed E-state index contributed by atoms with van der Waals surface area (Å²) in [5, 5.41) is 6.82. The van der Waals surface area contributed by atoms with E-state index in [9.17, 15) is 18.4 Å². The van der Waals surface area contributed by atoms with E-state index in [4.69, 9.17) is 23.9 Å². The lowest BCUT2D eigenvalue weighted by Crippen LogP contribution is -2.42. The second kappa shape index (κ2) is 16.5. The first-order chi connectivity index (χ1) is 22.8. The van der Waals surface area contributed by atoms with Gasteiger partial charge in [0.1, 0.15) is 24.1 Å². The fourth-order valence-corrected chi connectivity index (χ4v) is 4.84. The second-order valence-corrected chi connectivity index (χ2v) is 13.8. The average molecular weight is 692 g/mol. The normalized spacial score (nSPS) is 13.6. The van der Waals surface area contributed by atoms with Crippen LogP contribution in [-0.4, -0.2) is 91.2 Å². The lowest BCUT2D eigenvalue weighted by atomic mass is 10.0. The van der Waals surface area contributed by atoms with Gasteiger partial charge in [0.2, 0.25) is 11.6 Å². The Balaban J connectivity index is 1.70. The first-order valence-corrected chi connectivity index (χ1v) is 16.6. The number of hydrogen-bond donors (Lipinski definition) is 1. The Bertz CT molecular complexity index is 1550. The Kier molecular flexibility index (Phi) is 13.2. The molecular weight excluding hydrogens is 640 g/mol. The number of amides is 2. The molecule has 1 N–H and O–H groups in total. The fraction of sp³-hybridized carbons (Fsp3) is 0.647. The Hall–Kier alpha value is -4.14. The summed E-state index contributed by atoms with van der Waals surface area (Å²) >= 11 is 0. The topological polar surface area (TPSA) is 142 Å². The van der Waals surface area contributed by atoms with E-state index >= 15 is 0 Å². The van der Waals surface area contributed by atoms with Gasteiger partial charge in [-0.3, -0.25) is 4.98 Å². The van der Waals surface area contributed by atoms with E-state index in [1.807, 2.05) is 47.6 Å². The minimum Gasteiger partial charge on any atom is -0.473 e. The number of aromatic nitrogens is 5. The van der Waals surface area contributed by atoms with Gasteiger partial charge < -0.3 is 29.2 Å². The van der Waals surface area contributed by atoms with Gasteiger partial charge in [0.05, 0.1) is 30.2 Å². The van der Waals surface area contributed by atoms with Crippen LogP contribution in [0.3, 0.4) is 0 Å². The number of nitrogens with zero attached hydrogens (tertiary/aromatic N) is 6. The molecule has 0 spiro atoms. The van der Waals surface area contributed by atoms with Gasteiger partial charge in [-0.25, -0.2) is 32.9 Å². The Labute approximate surface area is 287 Å². The van der Waals surface area contributed by atoms with Crippen molar-refractivity contribution in [2.45, 2.75) is 118 Å². The van der Waals surface area contributed by atoms with Crippen molar-refractivity contribution >= 4 is 17.8 Å². The first-order valence-electron chi connectivity index (χ1n) is 16.6. The molecule has 3 rings (SSSR count). The maximum atomic E-state index is 14.2. The van der Waals surface area contributed by atoms with Crippen molar-refractivity contribution < 1.29 is 37.3 Å². The number of halogens is 2. The van der Waals surface area contributed by atoms with Crippen molar-refractivity contribution in [1.82, 2.24) is 34.8 Å². The summed E-state index contributed by atoms with van der Waals surface area (Å²) < 4.78 is 52.4. The van der Waals surface area contributed by atoms with Gasteiger partial charge in [0, 0.05) is 43.8 Å². The molecule has 3 aromatic rings. The number of nitrogens with one attached hydrogen (secondary N) is 1. The zero-order chi connectivity index (χ0) is 36.6. The fourth-order valence-electron chi connectivity index (χ4n) is 4.84. The summed E-state index contributed by atoms with van der Waals surface area (Å²) in [5.41, 5.74) is 1.82. The molecule has 0 aliphatic heterocycles. The van der Waals surface area contributed by atoms with Crippen molar-refractivity contribution in [2.75, 3.05) is 26.4 Å². The van der Waals surface area contributed by atoms with E-state index < -0.39 is 41.8 Å². The maximum absolute atomic E-state index is 14.2. The van der Waals surface area contributed by atoms with Crippen LogP contribution in [0.2, 0.25) is 0 Å². The zero-order valence-corrected chi connectivity index (χ0v) is 30.3. The minimum atomic E-state index is -2.94. The number of ether oxygens (including phenoxy) is 4. The van der Waals surface area contributed by atoms with E-state index in [-0.39, 0.29) is 44.6 Å². The standard InChI is InChI=1S/C34H51F2N7O6/c1-11-34(35,36)18-24(40-30(44)48-32(5,6)7)13-14-46-15-16-47-29-28-38-21-39-43(28)20-27(41-29)25-17-26(37-19-22(25)3)23(4)42(12-2)31(45)49-33(8,9)10/h17,19-21,23-24H,11-16,18H2,1-10H3,(H,40,44)/t23-,24?/m1/s1. The highest BCUT2D eigenvalue weighted by molar-refractivity contribution is 5.70. The summed E-state index contributed by atoms with van der Waals surface area (Å²) in [6, 6.07) is 0.660.